The van der Waals surface area contributed by atoms with E-state index in [1.54, 1.807) is 12.1 Å². The van der Waals surface area contributed by atoms with Crippen LogP contribution in [0.15, 0.2) is 76.5 Å². The van der Waals surface area contributed by atoms with Crippen LogP contribution in [0.3, 0.4) is 0 Å². The molecule has 1 heterocycles. The minimum Gasteiger partial charge on any atom is -0.277 e. The zero-order valence-electron chi connectivity index (χ0n) is 14.4. The number of H-pyrrole nitrogens is 1. The van der Waals surface area contributed by atoms with Gasteiger partial charge in [-0.3, -0.25) is 5.10 Å². The standard InChI is InChI=1S/C21H14F2N2O2S/c22-15-10-16(23)12-18(11-15)28(26,27)17-7-9-21-19(13-17)20(24-25-21)8-6-14-4-2-1-3-5-14/h1-13H,(H,24,25)/b8-6+. The van der Waals surface area contributed by atoms with Crippen LogP contribution in [-0.2, 0) is 9.84 Å². The SMILES string of the molecule is O=S(=O)(c1cc(F)cc(F)c1)c1ccc2[nH]nc(/C=C/c3ccccc3)c2c1. The van der Waals surface area contributed by atoms with E-state index in [0.29, 0.717) is 22.7 Å². The number of sulfone groups is 1. The predicted octanol–water partition coefficient (Wildman–Crippen LogP) is 4.84. The van der Waals surface area contributed by atoms with E-state index < -0.39 is 26.4 Å². The summed E-state index contributed by atoms with van der Waals surface area (Å²) in [6.07, 6.45) is 3.63. The summed E-state index contributed by atoms with van der Waals surface area (Å²) in [7, 11) is -4.08. The lowest BCUT2D eigenvalue weighted by molar-refractivity contribution is 0.567. The van der Waals surface area contributed by atoms with Crippen LogP contribution in [0.1, 0.15) is 11.3 Å². The van der Waals surface area contributed by atoms with Gasteiger partial charge in [0.25, 0.3) is 0 Å². The Balaban J connectivity index is 1.78. The Bertz CT molecular complexity index is 1280. The lowest BCUT2D eigenvalue weighted by atomic mass is 10.1. The summed E-state index contributed by atoms with van der Waals surface area (Å²) in [5, 5.41) is 7.64. The molecule has 3 aromatic carbocycles. The number of rotatable bonds is 4. The van der Waals surface area contributed by atoms with Crippen molar-refractivity contribution in [2.45, 2.75) is 9.79 Å². The number of fused-ring (bicyclic) bond motifs is 1. The molecule has 4 rings (SSSR count). The topological polar surface area (TPSA) is 62.8 Å². The van der Waals surface area contributed by atoms with Gasteiger partial charge in [-0.05, 0) is 42.0 Å². The van der Waals surface area contributed by atoms with E-state index in [9.17, 15) is 17.2 Å². The minimum absolute atomic E-state index is 0.0687. The lowest BCUT2D eigenvalue weighted by Crippen LogP contribution is -2.03. The summed E-state index contributed by atoms with van der Waals surface area (Å²) < 4.78 is 52.6. The van der Waals surface area contributed by atoms with Crippen molar-refractivity contribution in [2.24, 2.45) is 0 Å². The number of hydrogen-bond donors (Lipinski definition) is 1. The molecule has 28 heavy (non-hydrogen) atoms. The van der Waals surface area contributed by atoms with Crippen LogP contribution in [-0.4, -0.2) is 18.6 Å². The third-order valence-corrected chi connectivity index (χ3v) is 5.98. The van der Waals surface area contributed by atoms with Crippen molar-refractivity contribution in [2.75, 3.05) is 0 Å². The summed E-state index contributed by atoms with van der Waals surface area (Å²) in [6, 6.07) is 16.2. The molecule has 7 heteroatoms. The molecule has 4 aromatic rings. The number of nitrogens with zero attached hydrogens (tertiary/aromatic N) is 1. The molecule has 0 fully saturated rings. The molecule has 0 aliphatic rings. The van der Waals surface area contributed by atoms with Crippen molar-refractivity contribution in [1.82, 2.24) is 10.2 Å². The predicted molar refractivity (Wildman–Crippen MR) is 103 cm³/mol. The fourth-order valence-corrected chi connectivity index (χ4v) is 4.19. The summed E-state index contributed by atoms with van der Waals surface area (Å²) in [5.74, 6) is -1.90. The first-order valence-electron chi connectivity index (χ1n) is 8.36. The van der Waals surface area contributed by atoms with E-state index in [1.807, 2.05) is 36.4 Å². The molecular weight excluding hydrogens is 382 g/mol. The Hall–Kier alpha value is -3.32. The molecule has 1 N–H and O–H groups in total. The molecule has 0 aliphatic carbocycles. The van der Waals surface area contributed by atoms with Gasteiger partial charge >= 0.3 is 0 Å². The van der Waals surface area contributed by atoms with Crippen LogP contribution in [0.5, 0.6) is 0 Å². The Labute approximate surface area is 160 Å². The van der Waals surface area contributed by atoms with Crippen molar-refractivity contribution in [1.29, 1.82) is 0 Å². The zero-order chi connectivity index (χ0) is 19.7. The van der Waals surface area contributed by atoms with Crippen LogP contribution < -0.4 is 0 Å². The summed E-state index contributed by atoms with van der Waals surface area (Å²) in [4.78, 5) is -0.505. The zero-order valence-corrected chi connectivity index (χ0v) is 15.2. The smallest absolute Gasteiger partial charge is 0.206 e. The molecule has 0 spiro atoms. The van der Waals surface area contributed by atoms with E-state index in [-0.39, 0.29) is 4.90 Å². The normalized spacial score (nSPS) is 12.1. The number of benzene rings is 3. The molecule has 0 aliphatic heterocycles. The molecule has 1 aromatic heterocycles. The van der Waals surface area contributed by atoms with Gasteiger partial charge in [0.2, 0.25) is 9.84 Å². The van der Waals surface area contributed by atoms with Crippen molar-refractivity contribution >= 4 is 32.9 Å². The quantitative estimate of drug-likeness (QED) is 0.537. The van der Waals surface area contributed by atoms with Gasteiger partial charge in [-0.2, -0.15) is 5.10 Å². The molecule has 0 unspecified atom stereocenters. The molecule has 0 saturated carbocycles. The van der Waals surface area contributed by atoms with Gasteiger partial charge in [0.15, 0.2) is 0 Å². The average Bonchev–Trinajstić information content (AvgIpc) is 3.09. The van der Waals surface area contributed by atoms with E-state index in [2.05, 4.69) is 10.2 Å². The average molecular weight is 396 g/mol. The Morgan fingerprint density at radius 1 is 0.821 bits per heavy atom. The highest BCUT2D eigenvalue weighted by atomic mass is 32.2. The van der Waals surface area contributed by atoms with Crippen molar-refractivity contribution in [3.63, 3.8) is 0 Å². The molecule has 0 saturated heterocycles. The van der Waals surface area contributed by atoms with Crippen LogP contribution >= 0.6 is 0 Å². The second-order valence-corrected chi connectivity index (χ2v) is 8.12. The van der Waals surface area contributed by atoms with Gasteiger partial charge in [-0.1, -0.05) is 36.4 Å². The summed E-state index contributed by atoms with van der Waals surface area (Å²) in [5.41, 5.74) is 2.18. The van der Waals surface area contributed by atoms with Gasteiger partial charge in [-0.15, -0.1) is 0 Å². The van der Waals surface area contributed by atoms with E-state index in [0.717, 1.165) is 17.7 Å². The van der Waals surface area contributed by atoms with Crippen molar-refractivity contribution < 1.29 is 17.2 Å². The second kappa shape index (κ2) is 7.01. The van der Waals surface area contributed by atoms with Crippen LogP contribution in [0.25, 0.3) is 23.1 Å². The highest BCUT2D eigenvalue weighted by molar-refractivity contribution is 7.91. The molecule has 140 valence electrons. The maximum Gasteiger partial charge on any atom is 0.206 e. The molecular formula is C21H14F2N2O2S. The van der Waals surface area contributed by atoms with Crippen LogP contribution in [0.4, 0.5) is 8.78 Å². The van der Waals surface area contributed by atoms with Crippen LogP contribution in [0.2, 0.25) is 0 Å². The third kappa shape index (κ3) is 3.44. The monoisotopic (exact) mass is 396 g/mol. The summed E-state index contributed by atoms with van der Waals surface area (Å²) in [6.45, 7) is 0. The largest absolute Gasteiger partial charge is 0.277 e. The molecule has 4 nitrogen and oxygen atoms in total. The van der Waals surface area contributed by atoms with Gasteiger partial charge < -0.3 is 0 Å². The number of nitrogens with one attached hydrogen (secondary N) is 1. The Morgan fingerprint density at radius 3 is 2.25 bits per heavy atom. The van der Waals surface area contributed by atoms with E-state index >= 15 is 0 Å². The number of aromatic amines is 1. The summed E-state index contributed by atoms with van der Waals surface area (Å²) >= 11 is 0. The first kappa shape index (κ1) is 18.1. The Kier molecular flexibility index (Phi) is 4.52. The van der Waals surface area contributed by atoms with Gasteiger partial charge in [0.1, 0.15) is 11.6 Å². The minimum atomic E-state index is -4.08. The third-order valence-electron chi connectivity index (χ3n) is 4.25. The molecule has 0 amide bonds. The maximum atomic E-state index is 13.5. The fraction of sp³-hybridized carbons (Fsp3) is 0. The number of aromatic nitrogens is 2. The fourth-order valence-electron chi connectivity index (χ4n) is 2.87. The van der Waals surface area contributed by atoms with Crippen molar-refractivity contribution in [3.05, 3.63) is 89.6 Å². The second-order valence-electron chi connectivity index (χ2n) is 6.17. The first-order valence-corrected chi connectivity index (χ1v) is 9.84. The highest BCUT2D eigenvalue weighted by Crippen LogP contribution is 2.27. The van der Waals surface area contributed by atoms with E-state index in [4.69, 9.17) is 0 Å². The van der Waals surface area contributed by atoms with Crippen LogP contribution in [0, 0.1) is 11.6 Å². The first-order chi connectivity index (χ1) is 13.4. The molecule has 0 atom stereocenters. The molecule has 0 bridgehead atoms. The lowest BCUT2D eigenvalue weighted by Gasteiger charge is -2.05. The van der Waals surface area contributed by atoms with Gasteiger partial charge in [-0.25, -0.2) is 17.2 Å². The molecule has 0 radical (unpaired) electrons. The maximum absolute atomic E-state index is 13.5. The van der Waals surface area contributed by atoms with Crippen molar-refractivity contribution in [3.8, 4) is 0 Å². The van der Waals surface area contributed by atoms with Gasteiger partial charge in [0, 0.05) is 11.5 Å². The Morgan fingerprint density at radius 2 is 1.54 bits per heavy atom. The van der Waals surface area contributed by atoms with E-state index in [1.165, 1.54) is 12.1 Å². The number of halogens is 2. The van der Waals surface area contributed by atoms with Gasteiger partial charge in [0.05, 0.1) is 21.0 Å². The number of hydrogen-bond acceptors (Lipinski definition) is 3. The highest BCUT2D eigenvalue weighted by Gasteiger charge is 2.20.